The summed E-state index contributed by atoms with van der Waals surface area (Å²) in [6.45, 7) is 0. The summed E-state index contributed by atoms with van der Waals surface area (Å²) in [4.78, 5) is 4.53. The molecule has 1 fully saturated rings. The molecule has 2 N–H and O–H groups in total. The van der Waals surface area contributed by atoms with E-state index >= 15 is 0 Å². The van der Waals surface area contributed by atoms with Crippen molar-refractivity contribution in [2.75, 3.05) is 0 Å². The molecule has 1 aliphatic rings. The first-order valence-corrected chi connectivity index (χ1v) is 6.93. The molecule has 0 amide bonds. The van der Waals surface area contributed by atoms with Crippen LogP contribution in [0.3, 0.4) is 0 Å². The van der Waals surface area contributed by atoms with E-state index in [9.17, 15) is 0 Å². The fourth-order valence-electron chi connectivity index (χ4n) is 2.18. The van der Waals surface area contributed by atoms with Crippen molar-refractivity contribution in [3.63, 3.8) is 0 Å². The zero-order valence-corrected chi connectivity index (χ0v) is 11.5. The minimum atomic E-state index is 0.506. The van der Waals surface area contributed by atoms with Gasteiger partial charge in [-0.15, -0.1) is 0 Å². The Morgan fingerprint density at radius 1 is 1.25 bits per heavy atom. The number of nitrogens with zero attached hydrogens (tertiary/aromatic N) is 1. The Labute approximate surface area is 110 Å². The molecule has 0 radical (unpaired) electrons. The average Bonchev–Trinajstić information content (AvgIpc) is 2.30. The maximum Gasteiger partial charge on any atom is 0.103 e. The second kappa shape index (κ2) is 5.66. The number of aliphatic imine (C=N–C) groups is 1. The molecule has 16 heavy (non-hydrogen) atoms. The largest absolute Gasteiger partial charge is 0.387 e. The lowest BCUT2D eigenvalue weighted by Gasteiger charge is -2.20. The summed E-state index contributed by atoms with van der Waals surface area (Å²) in [6, 6.07) is 8.17. The van der Waals surface area contributed by atoms with Crippen molar-refractivity contribution < 1.29 is 0 Å². The van der Waals surface area contributed by atoms with Crippen LogP contribution < -0.4 is 5.73 Å². The number of rotatable bonds is 2. The highest BCUT2D eigenvalue weighted by Gasteiger charge is 2.16. The van der Waals surface area contributed by atoms with Crippen LogP contribution in [0.5, 0.6) is 0 Å². The van der Waals surface area contributed by atoms with E-state index in [1.807, 2.05) is 12.1 Å². The summed E-state index contributed by atoms with van der Waals surface area (Å²) in [5.41, 5.74) is 7.06. The number of halogens is 1. The molecule has 0 bridgehead atoms. The molecule has 0 aliphatic heterocycles. The van der Waals surface area contributed by atoms with E-state index < -0.39 is 0 Å². The summed E-state index contributed by atoms with van der Waals surface area (Å²) in [5, 5.41) is 0. The van der Waals surface area contributed by atoms with Crippen molar-refractivity contribution in [3.8, 4) is 0 Å². The van der Waals surface area contributed by atoms with Gasteiger partial charge in [0.15, 0.2) is 0 Å². The fraction of sp³-hybridized carbons (Fsp3) is 0.462. The molecule has 0 heterocycles. The first-order chi connectivity index (χ1) is 7.75. The summed E-state index contributed by atoms with van der Waals surface area (Å²) < 4.78 is 1.20. The van der Waals surface area contributed by atoms with Crippen LogP contribution in [0.4, 0.5) is 5.69 Å². The van der Waals surface area contributed by atoms with E-state index in [0.29, 0.717) is 5.92 Å². The third-order valence-electron chi connectivity index (χ3n) is 3.09. The van der Waals surface area contributed by atoms with Crippen LogP contribution in [0.15, 0.2) is 29.3 Å². The van der Waals surface area contributed by atoms with Gasteiger partial charge < -0.3 is 5.73 Å². The molecule has 0 saturated heterocycles. The van der Waals surface area contributed by atoms with Gasteiger partial charge in [-0.25, -0.2) is 4.99 Å². The monoisotopic (exact) mass is 328 g/mol. The fourth-order valence-corrected chi connectivity index (χ4v) is 2.71. The molecule has 1 aromatic carbocycles. The average molecular weight is 328 g/mol. The Kier molecular flexibility index (Phi) is 4.21. The third kappa shape index (κ3) is 3.20. The number of hydrogen-bond acceptors (Lipinski definition) is 1. The van der Waals surface area contributed by atoms with Crippen molar-refractivity contribution in [1.29, 1.82) is 0 Å². The lowest BCUT2D eigenvalue weighted by atomic mass is 9.88. The van der Waals surface area contributed by atoms with Gasteiger partial charge in [-0.1, -0.05) is 25.3 Å². The van der Waals surface area contributed by atoms with Crippen LogP contribution >= 0.6 is 22.6 Å². The second-order valence-corrected chi connectivity index (χ2v) is 5.60. The Bertz CT molecular complexity index is 381. The molecule has 3 heteroatoms. The van der Waals surface area contributed by atoms with Gasteiger partial charge in [0.2, 0.25) is 0 Å². The molecular weight excluding hydrogens is 311 g/mol. The summed E-state index contributed by atoms with van der Waals surface area (Å²) in [6.07, 6.45) is 6.37. The highest BCUT2D eigenvalue weighted by Crippen LogP contribution is 2.25. The van der Waals surface area contributed by atoms with E-state index in [1.54, 1.807) is 0 Å². The van der Waals surface area contributed by atoms with Gasteiger partial charge in [0.1, 0.15) is 5.84 Å². The topological polar surface area (TPSA) is 38.4 Å². The van der Waals surface area contributed by atoms with Crippen molar-refractivity contribution in [2.45, 2.75) is 32.1 Å². The number of nitrogens with two attached hydrogens (primary N) is 1. The minimum absolute atomic E-state index is 0.506. The van der Waals surface area contributed by atoms with Gasteiger partial charge in [0.25, 0.3) is 0 Å². The lowest BCUT2D eigenvalue weighted by Crippen LogP contribution is -2.25. The van der Waals surface area contributed by atoms with Crippen LogP contribution in [0.2, 0.25) is 0 Å². The van der Waals surface area contributed by atoms with E-state index in [1.165, 1.54) is 35.7 Å². The normalized spacial score (nSPS) is 18.7. The molecule has 2 rings (SSSR count). The van der Waals surface area contributed by atoms with Crippen molar-refractivity contribution >= 4 is 34.1 Å². The van der Waals surface area contributed by atoms with Crippen LogP contribution in [-0.2, 0) is 0 Å². The SMILES string of the molecule is NC(=Nc1cccc(I)c1)C1CCCCC1. The van der Waals surface area contributed by atoms with Gasteiger partial charge >= 0.3 is 0 Å². The minimum Gasteiger partial charge on any atom is -0.387 e. The predicted molar refractivity (Wildman–Crippen MR) is 77.0 cm³/mol. The zero-order valence-electron chi connectivity index (χ0n) is 9.32. The van der Waals surface area contributed by atoms with E-state index in [2.05, 4.69) is 39.7 Å². The first-order valence-electron chi connectivity index (χ1n) is 5.85. The second-order valence-electron chi connectivity index (χ2n) is 4.35. The van der Waals surface area contributed by atoms with Gasteiger partial charge in [0, 0.05) is 9.49 Å². The van der Waals surface area contributed by atoms with Gasteiger partial charge in [-0.05, 0) is 53.6 Å². The highest BCUT2D eigenvalue weighted by molar-refractivity contribution is 14.1. The first kappa shape index (κ1) is 11.9. The molecule has 2 nitrogen and oxygen atoms in total. The molecule has 86 valence electrons. The predicted octanol–water partition coefficient (Wildman–Crippen LogP) is 3.86. The summed E-state index contributed by atoms with van der Waals surface area (Å²) in [5.74, 6) is 1.33. The lowest BCUT2D eigenvalue weighted by molar-refractivity contribution is 0.437. The van der Waals surface area contributed by atoms with E-state index in [4.69, 9.17) is 5.73 Å². The highest BCUT2D eigenvalue weighted by atomic mass is 127. The summed E-state index contributed by atoms with van der Waals surface area (Å²) in [7, 11) is 0. The smallest absolute Gasteiger partial charge is 0.103 e. The van der Waals surface area contributed by atoms with Gasteiger partial charge in [-0.3, -0.25) is 0 Å². The van der Waals surface area contributed by atoms with Gasteiger partial charge in [0.05, 0.1) is 5.69 Å². The van der Waals surface area contributed by atoms with Crippen LogP contribution in [-0.4, -0.2) is 5.84 Å². The van der Waals surface area contributed by atoms with Crippen molar-refractivity contribution in [1.82, 2.24) is 0 Å². The van der Waals surface area contributed by atoms with Crippen molar-refractivity contribution in [3.05, 3.63) is 27.8 Å². The number of hydrogen-bond donors (Lipinski definition) is 1. The Morgan fingerprint density at radius 2 is 2.00 bits per heavy atom. The zero-order chi connectivity index (χ0) is 11.4. The quantitative estimate of drug-likeness (QED) is 0.500. The van der Waals surface area contributed by atoms with Crippen LogP contribution in [0.25, 0.3) is 0 Å². The van der Waals surface area contributed by atoms with Gasteiger partial charge in [-0.2, -0.15) is 0 Å². The molecular formula is C13H17IN2. The molecule has 1 aromatic rings. The molecule has 0 spiro atoms. The molecule has 1 aliphatic carbocycles. The van der Waals surface area contributed by atoms with E-state index in [-0.39, 0.29) is 0 Å². The Hall–Kier alpha value is -0.580. The maximum atomic E-state index is 6.08. The summed E-state index contributed by atoms with van der Waals surface area (Å²) >= 11 is 2.30. The standard InChI is InChI=1S/C13H17IN2/c14-11-7-4-8-12(9-11)16-13(15)10-5-2-1-3-6-10/h4,7-10H,1-3,5-6H2,(H2,15,16). The number of benzene rings is 1. The molecule has 1 saturated carbocycles. The maximum absolute atomic E-state index is 6.08. The Balaban J connectivity index is 2.10. The van der Waals surface area contributed by atoms with Crippen LogP contribution in [0.1, 0.15) is 32.1 Å². The molecule has 0 aromatic heterocycles. The van der Waals surface area contributed by atoms with Crippen molar-refractivity contribution in [2.24, 2.45) is 16.6 Å². The Morgan fingerprint density at radius 3 is 2.69 bits per heavy atom. The van der Waals surface area contributed by atoms with E-state index in [0.717, 1.165) is 11.5 Å². The third-order valence-corrected chi connectivity index (χ3v) is 3.76. The number of amidine groups is 1. The molecule has 0 unspecified atom stereocenters. The van der Waals surface area contributed by atoms with Crippen LogP contribution in [0, 0.1) is 9.49 Å². The molecule has 0 atom stereocenters.